The normalized spacial score (nSPS) is 22.3. The van der Waals surface area contributed by atoms with Crippen molar-refractivity contribution in [3.05, 3.63) is 34.4 Å². The van der Waals surface area contributed by atoms with Crippen molar-refractivity contribution in [3.63, 3.8) is 0 Å². The van der Waals surface area contributed by atoms with Gasteiger partial charge in [-0.05, 0) is 31.0 Å². The first-order chi connectivity index (χ1) is 23.4. The third kappa shape index (κ3) is 5.81. The number of thiophene rings is 1. The number of benzene rings is 2. The number of nitrogens with two attached hydrogens (primary N) is 1. The third-order valence-electron chi connectivity index (χ3n) is 9.15. The Balaban J connectivity index is 1.46. The average Bonchev–Trinajstić information content (AvgIpc) is 3.66. The number of anilines is 2. The highest BCUT2D eigenvalue weighted by Crippen LogP contribution is 2.51. The molecule has 3 aliphatic heterocycles. The fourth-order valence-corrected chi connectivity index (χ4v) is 8.44. The van der Waals surface area contributed by atoms with Crippen LogP contribution in [0.15, 0.2) is 12.1 Å². The van der Waals surface area contributed by atoms with Gasteiger partial charge in [-0.2, -0.15) is 24.0 Å². The van der Waals surface area contributed by atoms with Crippen LogP contribution in [0.5, 0.6) is 11.8 Å². The van der Waals surface area contributed by atoms with E-state index in [4.69, 9.17) is 26.8 Å². The van der Waals surface area contributed by atoms with E-state index < -0.39 is 84.3 Å². The molecule has 0 radical (unpaired) electrons. The predicted molar refractivity (Wildman–Crippen MR) is 168 cm³/mol. The van der Waals surface area contributed by atoms with Crippen LogP contribution < -0.4 is 20.1 Å². The van der Waals surface area contributed by atoms with Gasteiger partial charge in [-0.1, -0.05) is 17.7 Å². The highest BCUT2D eigenvalue weighted by atomic mass is 35.5. The molecule has 4 aromatic rings. The van der Waals surface area contributed by atoms with Crippen LogP contribution in [0.1, 0.15) is 24.8 Å². The summed E-state index contributed by atoms with van der Waals surface area (Å²) in [4.78, 5) is 11.7. The van der Waals surface area contributed by atoms with Crippen molar-refractivity contribution in [2.45, 2.75) is 50.1 Å². The molecule has 0 saturated carbocycles. The van der Waals surface area contributed by atoms with Crippen molar-refractivity contribution in [1.82, 2.24) is 14.9 Å². The fourth-order valence-electron chi connectivity index (χ4n) is 7.16. The number of hydrogen-bond acceptors (Lipinski definition) is 10. The van der Waals surface area contributed by atoms with E-state index in [2.05, 4.69) is 14.7 Å². The minimum absolute atomic E-state index is 0.0366. The molecule has 3 aliphatic rings. The number of nitriles is 1. The first-order valence-electron chi connectivity index (χ1n) is 15.2. The molecule has 0 spiro atoms. The number of ether oxygens (including phenoxy) is 3. The molecular weight excluding hydrogens is 705 g/mol. The Bertz CT molecular complexity index is 2000. The van der Waals surface area contributed by atoms with Crippen LogP contribution in [0.25, 0.3) is 32.1 Å². The van der Waals surface area contributed by atoms with Crippen molar-refractivity contribution in [1.29, 1.82) is 5.26 Å². The number of nitrogens with zero attached hydrogens (tertiary/aromatic N) is 5. The first-order valence-corrected chi connectivity index (χ1v) is 16.3. The maximum Gasteiger partial charge on any atom is 0.345 e. The van der Waals surface area contributed by atoms with Gasteiger partial charge in [0.05, 0.1) is 45.9 Å². The lowest BCUT2D eigenvalue weighted by Gasteiger charge is -2.31. The summed E-state index contributed by atoms with van der Waals surface area (Å²) in [6.07, 6.45) is -3.79. The maximum absolute atomic E-state index is 17.0. The Hall–Kier alpha value is -3.85. The van der Waals surface area contributed by atoms with Crippen LogP contribution in [0, 0.1) is 23.0 Å². The minimum atomic E-state index is -3.23. The third-order valence-corrected chi connectivity index (χ3v) is 10.5. The van der Waals surface area contributed by atoms with E-state index >= 15 is 4.39 Å². The van der Waals surface area contributed by atoms with Crippen LogP contribution >= 0.6 is 22.9 Å². The van der Waals surface area contributed by atoms with Crippen LogP contribution in [0.3, 0.4) is 0 Å². The second kappa shape index (κ2) is 12.8. The first kappa shape index (κ1) is 33.6. The lowest BCUT2D eigenvalue weighted by Crippen LogP contribution is -2.43. The number of alkyl halides is 5. The molecule has 2 N–H and O–H groups in total. The van der Waals surface area contributed by atoms with Gasteiger partial charge in [-0.15, -0.1) is 11.3 Å². The molecule has 0 bridgehead atoms. The zero-order valence-electron chi connectivity index (χ0n) is 25.3. The van der Waals surface area contributed by atoms with Crippen molar-refractivity contribution < 1.29 is 44.9 Å². The number of aromatic nitrogens is 2. The van der Waals surface area contributed by atoms with Gasteiger partial charge in [0, 0.05) is 23.9 Å². The molecule has 5 heterocycles. The van der Waals surface area contributed by atoms with E-state index in [1.165, 1.54) is 6.07 Å². The van der Waals surface area contributed by atoms with Gasteiger partial charge in [0.1, 0.15) is 47.1 Å². The van der Waals surface area contributed by atoms with E-state index in [9.17, 15) is 31.6 Å². The van der Waals surface area contributed by atoms with Crippen LogP contribution in [0.4, 0.5) is 41.6 Å². The standard InChI is InChI=1S/C31H26ClF7N6O3S/c32-22-20(15-2-3-17(34)26-19(15)16(7-40)27(41)49-26)23(37)24-21-25(22)48-14(11-46-29(38)39)9-44(10-18(35)36)28(21)43-30(42-24)47-12-31-4-1-5-45(31)8-13(33)6-31/h2-3,13-14,18,29H,1,4-6,8-12,41H2/t13-,14?,31+/m1/s1. The Morgan fingerprint density at radius 1 is 1.18 bits per heavy atom. The summed E-state index contributed by atoms with van der Waals surface area (Å²) in [5, 5.41) is 9.07. The van der Waals surface area contributed by atoms with E-state index in [-0.39, 0.29) is 62.7 Å². The smallest absolute Gasteiger partial charge is 0.345 e. The second-order valence-corrected chi connectivity index (χ2v) is 13.6. The molecule has 18 heteroatoms. The quantitative estimate of drug-likeness (QED) is 0.184. The average molecular weight is 731 g/mol. The number of fused-ring (bicyclic) bond motifs is 2. The van der Waals surface area contributed by atoms with E-state index in [0.29, 0.717) is 13.0 Å². The summed E-state index contributed by atoms with van der Waals surface area (Å²) in [7, 11) is 0. The van der Waals surface area contributed by atoms with Gasteiger partial charge in [-0.3, -0.25) is 4.90 Å². The maximum atomic E-state index is 17.0. The predicted octanol–water partition coefficient (Wildman–Crippen LogP) is 6.92. The summed E-state index contributed by atoms with van der Waals surface area (Å²) < 4.78 is 117. The number of nitrogen functional groups attached to an aromatic ring is 1. The molecule has 2 saturated heterocycles. The van der Waals surface area contributed by atoms with Crippen LogP contribution in [0.2, 0.25) is 5.02 Å². The summed E-state index contributed by atoms with van der Waals surface area (Å²) in [5.41, 5.74) is 4.22. The van der Waals surface area contributed by atoms with Crippen LogP contribution in [-0.2, 0) is 4.74 Å². The molecule has 9 nitrogen and oxygen atoms in total. The number of halogens is 8. The lowest BCUT2D eigenvalue weighted by atomic mass is 9.95. The molecule has 2 aromatic heterocycles. The van der Waals surface area contributed by atoms with Crippen molar-refractivity contribution >= 4 is 54.7 Å². The minimum Gasteiger partial charge on any atom is -0.484 e. The summed E-state index contributed by atoms with van der Waals surface area (Å²) in [6, 6.07) is 3.70. The van der Waals surface area contributed by atoms with Gasteiger partial charge < -0.3 is 24.8 Å². The molecule has 1 unspecified atom stereocenters. The zero-order chi connectivity index (χ0) is 34.8. The Morgan fingerprint density at radius 2 is 1.98 bits per heavy atom. The largest absolute Gasteiger partial charge is 0.484 e. The summed E-state index contributed by atoms with van der Waals surface area (Å²) in [5.74, 6) is -2.48. The fraction of sp³-hybridized carbons (Fsp3) is 0.452. The Kier molecular flexibility index (Phi) is 8.78. The number of rotatable bonds is 9. The van der Waals surface area contributed by atoms with Crippen molar-refractivity contribution in [2.75, 3.05) is 50.0 Å². The zero-order valence-corrected chi connectivity index (χ0v) is 26.9. The molecule has 7 rings (SSSR count). The van der Waals surface area contributed by atoms with Gasteiger partial charge in [-0.25, -0.2) is 22.0 Å². The van der Waals surface area contributed by atoms with Gasteiger partial charge in [0.15, 0.2) is 11.6 Å². The highest BCUT2D eigenvalue weighted by Gasteiger charge is 2.49. The molecular formula is C31H26ClF7N6O3S. The summed E-state index contributed by atoms with van der Waals surface area (Å²) >= 11 is 7.60. The topological polar surface area (TPSA) is 110 Å². The Labute approximate surface area is 282 Å². The monoisotopic (exact) mass is 730 g/mol. The van der Waals surface area contributed by atoms with Gasteiger partial charge in [0.2, 0.25) is 0 Å². The SMILES string of the molecule is N#Cc1c(N)sc2c(F)ccc(-c3c(Cl)c4c5c(nc(OC[C@@]67CCCN6C[C@H](F)C7)nc5c3F)N(CC(F)F)CC(COC(F)F)O4)c12. The lowest BCUT2D eigenvalue weighted by molar-refractivity contribution is -0.143. The second-order valence-electron chi connectivity index (χ2n) is 12.1. The summed E-state index contributed by atoms with van der Waals surface area (Å²) in [6.45, 7) is -4.66. The highest BCUT2D eigenvalue weighted by molar-refractivity contribution is 7.23. The molecule has 49 heavy (non-hydrogen) atoms. The molecule has 0 amide bonds. The van der Waals surface area contributed by atoms with Crippen molar-refractivity contribution in [3.8, 4) is 29.0 Å². The van der Waals surface area contributed by atoms with E-state index in [1.807, 2.05) is 11.0 Å². The van der Waals surface area contributed by atoms with Gasteiger partial charge in [0.25, 0.3) is 6.43 Å². The molecule has 260 valence electrons. The van der Waals surface area contributed by atoms with Crippen molar-refractivity contribution in [2.24, 2.45) is 0 Å². The molecule has 2 aromatic carbocycles. The van der Waals surface area contributed by atoms with Gasteiger partial charge >= 0.3 is 12.6 Å². The number of hydrogen-bond donors (Lipinski definition) is 1. The molecule has 3 atom stereocenters. The van der Waals surface area contributed by atoms with Crippen LogP contribution in [-0.4, -0.2) is 85.1 Å². The van der Waals surface area contributed by atoms with E-state index in [0.717, 1.165) is 28.7 Å². The molecule has 2 fully saturated rings. The van der Waals surface area contributed by atoms with E-state index in [1.54, 1.807) is 0 Å². The Morgan fingerprint density at radius 3 is 2.71 bits per heavy atom. The molecule has 0 aliphatic carbocycles.